The van der Waals surface area contributed by atoms with Crippen LogP contribution in [-0.4, -0.2) is 23.5 Å². The Morgan fingerprint density at radius 2 is 2.08 bits per heavy atom. The molecule has 0 aliphatic carbocycles. The normalized spacial score (nSPS) is 17.5. The maximum absolute atomic E-state index is 12.3. The van der Waals surface area contributed by atoms with Gasteiger partial charge < -0.3 is 14.7 Å². The number of carbonyl (C=O) groups excluding carboxylic acids is 2. The summed E-state index contributed by atoms with van der Waals surface area (Å²) in [5.41, 5.74) is 2.73. The van der Waals surface area contributed by atoms with Gasteiger partial charge in [-0.1, -0.05) is 31.1 Å². The second kappa shape index (κ2) is 6.86. The Kier molecular flexibility index (Phi) is 4.64. The molecule has 1 aliphatic rings. The zero-order valence-corrected chi connectivity index (χ0v) is 13.9. The molecule has 24 heavy (non-hydrogen) atoms. The van der Waals surface area contributed by atoms with Crippen LogP contribution < -0.4 is 10.2 Å². The average Bonchev–Trinajstić information content (AvgIpc) is 3.22. The zero-order chi connectivity index (χ0) is 17.1. The van der Waals surface area contributed by atoms with Crippen LogP contribution in [0.1, 0.15) is 37.4 Å². The minimum atomic E-state index is -0.339. The van der Waals surface area contributed by atoms with Crippen LogP contribution in [-0.2, 0) is 16.1 Å². The molecule has 6 nitrogen and oxygen atoms in total. The summed E-state index contributed by atoms with van der Waals surface area (Å²) in [6, 6.07) is 9.66. The van der Waals surface area contributed by atoms with Crippen LogP contribution in [0.3, 0.4) is 0 Å². The third kappa shape index (κ3) is 3.48. The Labute approximate surface area is 140 Å². The molecule has 3 rings (SSSR count). The molecule has 1 fully saturated rings. The molecule has 0 radical (unpaired) electrons. The van der Waals surface area contributed by atoms with E-state index in [1.807, 2.05) is 24.3 Å². The predicted octanol–water partition coefficient (Wildman–Crippen LogP) is 2.47. The molecular weight excluding hydrogens is 306 g/mol. The molecule has 0 unspecified atom stereocenters. The number of rotatable bonds is 5. The number of amides is 2. The maximum atomic E-state index is 12.3. The lowest BCUT2D eigenvalue weighted by molar-refractivity contribution is -0.126. The van der Waals surface area contributed by atoms with Crippen molar-refractivity contribution in [1.29, 1.82) is 0 Å². The van der Waals surface area contributed by atoms with E-state index < -0.39 is 0 Å². The molecule has 126 valence electrons. The lowest BCUT2D eigenvalue weighted by atomic mass is 10.0. The quantitative estimate of drug-likeness (QED) is 0.915. The summed E-state index contributed by atoms with van der Waals surface area (Å²) in [7, 11) is 0. The van der Waals surface area contributed by atoms with Crippen molar-refractivity contribution in [3.8, 4) is 0 Å². The molecule has 1 atom stereocenters. The molecule has 1 saturated heterocycles. The van der Waals surface area contributed by atoms with Gasteiger partial charge in [-0.25, -0.2) is 0 Å². The smallest absolute Gasteiger partial charge is 0.227 e. The van der Waals surface area contributed by atoms with Gasteiger partial charge in [-0.15, -0.1) is 0 Å². The van der Waals surface area contributed by atoms with Crippen molar-refractivity contribution in [3.63, 3.8) is 0 Å². The number of benzene rings is 1. The Balaban J connectivity index is 1.61. The largest absolute Gasteiger partial charge is 0.364 e. The van der Waals surface area contributed by atoms with Gasteiger partial charge in [0, 0.05) is 24.7 Å². The van der Waals surface area contributed by atoms with Crippen LogP contribution in [0.2, 0.25) is 0 Å². The first-order chi connectivity index (χ1) is 11.5. The van der Waals surface area contributed by atoms with E-state index in [9.17, 15) is 9.59 Å². The molecule has 0 bridgehead atoms. The highest BCUT2D eigenvalue weighted by Crippen LogP contribution is 2.27. The fourth-order valence-corrected chi connectivity index (χ4v) is 2.82. The lowest BCUT2D eigenvalue weighted by Crippen LogP contribution is -2.32. The summed E-state index contributed by atoms with van der Waals surface area (Å²) in [6.45, 7) is 4.98. The summed E-state index contributed by atoms with van der Waals surface area (Å²) in [5, 5.41) is 6.55. The van der Waals surface area contributed by atoms with Crippen molar-refractivity contribution in [2.45, 2.75) is 32.7 Å². The molecule has 1 aliphatic heterocycles. The van der Waals surface area contributed by atoms with E-state index in [-0.39, 0.29) is 24.2 Å². The molecule has 0 spiro atoms. The van der Waals surface area contributed by atoms with Crippen molar-refractivity contribution >= 4 is 17.5 Å². The first-order valence-corrected chi connectivity index (χ1v) is 8.12. The fourth-order valence-electron chi connectivity index (χ4n) is 2.82. The monoisotopic (exact) mass is 327 g/mol. The predicted molar refractivity (Wildman–Crippen MR) is 89.3 cm³/mol. The van der Waals surface area contributed by atoms with Crippen molar-refractivity contribution in [2.24, 2.45) is 5.92 Å². The number of hydrogen-bond acceptors (Lipinski definition) is 4. The van der Waals surface area contributed by atoms with Crippen molar-refractivity contribution in [3.05, 3.63) is 47.9 Å². The molecule has 1 aromatic heterocycles. The molecule has 1 N–H and O–H groups in total. The standard InChI is InChI=1S/C18H21N3O3/c1-12(2)13-3-5-16(6-4-13)21-11-14(9-17(21)22)18(23)19-10-15-7-8-24-20-15/h3-8,12,14H,9-11H2,1-2H3,(H,19,23)/t14-/m0/s1. The minimum absolute atomic E-state index is 0.0196. The van der Waals surface area contributed by atoms with Gasteiger partial charge in [0.1, 0.15) is 12.0 Å². The molecule has 1 aromatic carbocycles. The highest BCUT2D eigenvalue weighted by atomic mass is 16.5. The molecule has 0 saturated carbocycles. The van der Waals surface area contributed by atoms with Crippen LogP contribution in [0.25, 0.3) is 0 Å². The van der Waals surface area contributed by atoms with E-state index in [0.717, 1.165) is 5.69 Å². The molecule has 2 amide bonds. The van der Waals surface area contributed by atoms with E-state index in [2.05, 4.69) is 24.3 Å². The Morgan fingerprint density at radius 3 is 2.71 bits per heavy atom. The highest BCUT2D eigenvalue weighted by molar-refractivity contribution is 6.00. The van der Waals surface area contributed by atoms with Crippen molar-refractivity contribution in [1.82, 2.24) is 10.5 Å². The molecule has 2 aromatic rings. The maximum Gasteiger partial charge on any atom is 0.227 e. The highest BCUT2D eigenvalue weighted by Gasteiger charge is 2.35. The van der Waals surface area contributed by atoms with Crippen LogP contribution >= 0.6 is 0 Å². The van der Waals surface area contributed by atoms with Crippen LogP contribution in [0.4, 0.5) is 5.69 Å². The van der Waals surface area contributed by atoms with Gasteiger partial charge in [-0.05, 0) is 23.6 Å². The van der Waals surface area contributed by atoms with Crippen LogP contribution in [0.15, 0.2) is 41.1 Å². The number of anilines is 1. The Morgan fingerprint density at radius 1 is 1.33 bits per heavy atom. The van der Waals surface area contributed by atoms with Gasteiger partial charge in [-0.3, -0.25) is 9.59 Å². The first kappa shape index (κ1) is 16.2. The van der Waals surface area contributed by atoms with E-state index in [1.54, 1.807) is 11.0 Å². The third-order valence-corrected chi connectivity index (χ3v) is 4.30. The zero-order valence-electron chi connectivity index (χ0n) is 13.9. The van der Waals surface area contributed by atoms with Gasteiger partial charge >= 0.3 is 0 Å². The number of nitrogens with zero attached hydrogens (tertiary/aromatic N) is 2. The minimum Gasteiger partial charge on any atom is -0.364 e. The van der Waals surface area contributed by atoms with Gasteiger partial charge in [0.15, 0.2) is 0 Å². The Hall–Kier alpha value is -2.63. The van der Waals surface area contributed by atoms with Gasteiger partial charge in [0.25, 0.3) is 0 Å². The second-order valence-electron chi connectivity index (χ2n) is 6.36. The summed E-state index contributed by atoms with van der Waals surface area (Å²) >= 11 is 0. The topological polar surface area (TPSA) is 75.4 Å². The van der Waals surface area contributed by atoms with Crippen LogP contribution in [0.5, 0.6) is 0 Å². The summed E-state index contributed by atoms with van der Waals surface area (Å²) in [6.07, 6.45) is 1.69. The lowest BCUT2D eigenvalue weighted by Gasteiger charge is -2.17. The number of hydrogen-bond donors (Lipinski definition) is 1. The SMILES string of the molecule is CC(C)c1ccc(N2C[C@@H](C(=O)NCc3ccon3)CC2=O)cc1. The summed E-state index contributed by atoms with van der Waals surface area (Å²) in [4.78, 5) is 26.2. The number of aromatic nitrogens is 1. The number of carbonyl (C=O) groups is 2. The Bertz CT molecular complexity index is 708. The fraction of sp³-hybridized carbons (Fsp3) is 0.389. The van der Waals surface area contributed by atoms with E-state index in [4.69, 9.17) is 4.52 Å². The van der Waals surface area contributed by atoms with E-state index in [0.29, 0.717) is 24.7 Å². The van der Waals surface area contributed by atoms with Crippen molar-refractivity contribution < 1.29 is 14.1 Å². The van der Waals surface area contributed by atoms with Gasteiger partial charge in [0.05, 0.1) is 12.5 Å². The van der Waals surface area contributed by atoms with E-state index in [1.165, 1.54) is 11.8 Å². The second-order valence-corrected chi connectivity index (χ2v) is 6.36. The number of nitrogens with one attached hydrogen (secondary N) is 1. The van der Waals surface area contributed by atoms with Crippen LogP contribution in [0, 0.1) is 5.92 Å². The first-order valence-electron chi connectivity index (χ1n) is 8.12. The van der Waals surface area contributed by atoms with Gasteiger partial charge in [0.2, 0.25) is 11.8 Å². The average molecular weight is 327 g/mol. The van der Waals surface area contributed by atoms with E-state index >= 15 is 0 Å². The molecule has 6 heteroatoms. The molecule has 2 heterocycles. The van der Waals surface area contributed by atoms with Gasteiger partial charge in [-0.2, -0.15) is 0 Å². The van der Waals surface area contributed by atoms with Crippen molar-refractivity contribution in [2.75, 3.05) is 11.4 Å². The summed E-state index contributed by atoms with van der Waals surface area (Å²) in [5.74, 6) is -0.0425. The summed E-state index contributed by atoms with van der Waals surface area (Å²) < 4.78 is 4.73. The third-order valence-electron chi connectivity index (χ3n) is 4.30. The molecular formula is C18H21N3O3.